The first-order chi connectivity index (χ1) is 8.36. The van der Waals surface area contributed by atoms with E-state index in [1.165, 1.54) is 5.56 Å². The molecule has 2 aromatic carbocycles. The molecule has 2 rings (SSSR count). The number of hydrogen-bond donors (Lipinski definition) is 1. The molecule has 0 unspecified atom stereocenters. The van der Waals surface area contributed by atoms with Gasteiger partial charge in [0.25, 0.3) is 0 Å². The Bertz CT molecular complexity index is 467. The highest BCUT2D eigenvalue weighted by molar-refractivity contribution is 5.42. The van der Waals surface area contributed by atoms with Crippen LogP contribution in [0.4, 0.5) is 0 Å². The molecule has 0 aliphatic heterocycles. The summed E-state index contributed by atoms with van der Waals surface area (Å²) in [6.45, 7) is 0.574. The Morgan fingerprint density at radius 3 is 2.29 bits per heavy atom. The molecule has 0 saturated carbocycles. The van der Waals surface area contributed by atoms with Gasteiger partial charge in [-0.05, 0) is 11.6 Å². The fraction of sp³-hybridized carbons (Fsp3) is 0.200. The summed E-state index contributed by atoms with van der Waals surface area (Å²) in [7, 11) is 1.69. The lowest BCUT2D eigenvalue weighted by atomic mass is 9.91. The molecule has 0 heterocycles. The van der Waals surface area contributed by atoms with Gasteiger partial charge in [-0.1, -0.05) is 48.5 Å². The second-order valence-corrected chi connectivity index (χ2v) is 3.94. The molecule has 2 N–H and O–H groups in total. The van der Waals surface area contributed by atoms with Gasteiger partial charge in [0.05, 0.1) is 7.11 Å². The van der Waals surface area contributed by atoms with Crippen LogP contribution >= 0.6 is 0 Å². The standard InChI is InChI=1S/C15H17NO/c1-17-15-10-6-5-9-13(15)14(11-16)12-7-3-2-4-8-12/h2-10,14H,11,16H2,1H3/t14-/m1/s1. The highest BCUT2D eigenvalue weighted by Crippen LogP contribution is 2.30. The summed E-state index contributed by atoms with van der Waals surface area (Å²) >= 11 is 0. The minimum Gasteiger partial charge on any atom is -0.496 e. The summed E-state index contributed by atoms with van der Waals surface area (Å²) in [5.74, 6) is 1.08. The summed E-state index contributed by atoms with van der Waals surface area (Å²) in [5, 5.41) is 0. The molecular weight excluding hydrogens is 210 g/mol. The molecule has 2 aromatic rings. The van der Waals surface area contributed by atoms with Crippen molar-refractivity contribution >= 4 is 0 Å². The highest BCUT2D eigenvalue weighted by Gasteiger charge is 2.15. The normalized spacial score (nSPS) is 12.1. The quantitative estimate of drug-likeness (QED) is 0.871. The third-order valence-corrected chi connectivity index (χ3v) is 2.95. The van der Waals surface area contributed by atoms with Gasteiger partial charge in [-0.15, -0.1) is 0 Å². The maximum atomic E-state index is 5.90. The van der Waals surface area contributed by atoms with E-state index in [0.717, 1.165) is 11.3 Å². The Morgan fingerprint density at radius 2 is 1.65 bits per heavy atom. The van der Waals surface area contributed by atoms with Crippen LogP contribution in [0.3, 0.4) is 0 Å². The molecular formula is C15H17NO. The zero-order chi connectivity index (χ0) is 12.1. The van der Waals surface area contributed by atoms with Crippen LogP contribution in [0, 0.1) is 0 Å². The van der Waals surface area contributed by atoms with Crippen molar-refractivity contribution in [1.29, 1.82) is 0 Å². The predicted molar refractivity (Wildman–Crippen MR) is 70.3 cm³/mol. The minimum atomic E-state index is 0.187. The van der Waals surface area contributed by atoms with Gasteiger partial charge in [-0.25, -0.2) is 0 Å². The molecule has 0 bridgehead atoms. The number of methoxy groups -OCH3 is 1. The topological polar surface area (TPSA) is 35.2 Å². The van der Waals surface area contributed by atoms with Gasteiger partial charge in [-0.3, -0.25) is 0 Å². The van der Waals surface area contributed by atoms with Crippen molar-refractivity contribution in [3.8, 4) is 5.75 Å². The van der Waals surface area contributed by atoms with Crippen molar-refractivity contribution in [2.75, 3.05) is 13.7 Å². The second-order valence-electron chi connectivity index (χ2n) is 3.94. The van der Waals surface area contributed by atoms with Crippen molar-refractivity contribution < 1.29 is 4.74 Å². The first kappa shape index (κ1) is 11.7. The third-order valence-electron chi connectivity index (χ3n) is 2.95. The fourth-order valence-electron chi connectivity index (χ4n) is 2.08. The number of benzene rings is 2. The van der Waals surface area contributed by atoms with Crippen LogP contribution in [0.5, 0.6) is 5.75 Å². The lowest BCUT2D eigenvalue weighted by Gasteiger charge is -2.18. The fourth-order valence-corrected chi connectivity index (χ4v) is 2.08. The van der Waals surface area contributed by atoms with E-state index < -0.39 is 0 Å². The summed E-state index contributed by atoms with van der Waals surface area (Å²) < 4.78 is 5.39. The summed E-state index contributed by atoms with van der Waals surface area (Å²) in [6, 6.07) is 18.3. The largest absolute Gasteiger partial charge is 0.496 e. The Kier molecular flexibility index (Phi) is 3.78. The van der Waals surface area contributed by atoms with Gasteiger partial charge in [-0.2, -0.15) is 0 Å². The van der Waals surface area contributed by atoms with Crippen molar-refractivity contribution in [3.63, 3.8) is 0 Å². The lowest BCUT2D eigenvalue weighted by Crippen LogP contribution is -2.14. The lowest BCUT2D eigenvalue weighted by molar-refractivity contribution is 0.407. The maximum Gasteiger partial charge on any atom is 0.122 e. The molecule has 2 nitrogen and oxygen atoms in total. The van der Waals surface area contributed by atoms with Gasteiger partial charge in [0, 0.05) is 18.0 Å². The second kappa shape index (κ2) is 5.51. The van der Waals surface area contributed by atoms with Gasteiger partial charge in [0.15, 0.2) is 0 Å². The van der Waals surface area contributed by atoms with Crippen molar-refractivity contribution in [2.45, 2.75) is 5.92 Å². The van der Waals surface area contributed by atoms with Gasteiger partial charge in [0.1, 0.15) is 5.75 Å². The molecule has 2 heteroatoms. The smallest absolute Gasteiger partial charge is 0.122 e. The number of rotatable bonds is 4. The molecule has 0 saturated heterocycles. The Morgan fingerprint density at radius 1 is 1.00 bits per heavy atom. The average molecular weight is 227 g/mol. The molecule has 0 radical (unpaired) electrons. The molecule has 0 aliphatic rings. The maximum absolute atomic E-state index is 5.90. The van der Waals surface area contributed by atoms with Crippen LogP contribution in [0.1, 0.15) is 17.0 Å². The monoisotopic (exact) mass is 227 g/mol. The van der Waals surface area contributed by atoms with E-state index in [2.05, 4.69) is 18.2 Å². The zero-order valence-electron chi connectivity index (χ0n) is 9.97. The van der Waals surface area contributed by atoms with E-state index in [1.54, 1.807) is 7.11 Å². The van der Waals surface area contributed by atoms with Gasteiger partial charge in [0.2, 0.25) is 0 Å². The summed E-state index contributed by atoms with van der Waals surface area (Å²) in [6.07, 6.45) is 0. The highest BCUT2D eigenvalue weighted by atomic mass is 16.5. The Balaban J connectivity index is 2.42. The number of ether oxygens (including phenoxy) is 1. The zero-order valence-corrected chi connectivity index (χ0v) is 9.97. The molecule has 0 aliphatic carbocycles. The van der Waals surface area contributed by atoms with E-state index in [0.29, 0.717) is 6.54 Å². The summed E-state index contributed by atoms with van der Waals surface area (Å²) in [4.78, 5) is 0. The van der Waals surface area contributed by atoms with Crippen LogP contribution in [0.15, 0.2) is 54.6 Å². The SMILES string of the molecule is COc1ccccc1[C@H](CN)c1ccccc1. The molecule has 0 spiro atoms. The first-order valence-corrected chi connectivity index (χ1v) is 5.74. The van der Waals surface area contributed by atoms with Crippen molar-refractivity contribution in [1.82, 2.24) is 0 Å². The Hall–Kier alpha value is -1.80. The molecule has 0 amide bonds. The van der Waals surface area contributed by atoms with Gasteiger partial charge < -0.3 is 10.5 Å². The van der Waals surface area contributed by atoms with Crippen LogP contribution in [0.2, 0.25) is 0 Å². The first-order valence-electron chi connectivity index (χ1n) is 5.74. The molecule has 0 aromatic heterocycles. The van der Waals surface area contributed by atoms with E-state index in [1.807, 2.05) is 36.4 Å². The molecule has 17 heavy (non-hydrogen) atoms. The number of nitrogens with two attached hydrogens (primary N) is 1. The van der Waals surface area contributed by atoms with E-state index >= 15 is 0 Å². The molecule has 1 atom stereocenters. The van der Waals surface area contributed by atoms with Crippen LogP contribution in [-0.4, -0.2) is 13.7 Å². The average Bonchev–Trinajstić information content (AvgIpc) is 2.41. The summed E-state index contributed by atoms with van der Waals surface area (Å²) in [5.41, 5.74) is 8.27. The van der Waals surface area contributed by atoms with Crippen molar-refractivity contribution in [3.05, 3.63) is 65.7 Å². The van der Waals surface area contributed by atoms with Crippen LogP contribution < -0.4 is 10.5 Å². The van der Waals surface area contributed by atoms with E-state index in [9.17, 15) is 0 Å². The van der Waals surface area contributed by atoms with Gasteiger partial charge >= 0.3 is 0 Å². The third kappa shape index (κ3) is 2.48. The van der Waals surface area contributed by atoms with Crippen LogP contribution in [-0.2, 0) is 0 Å². The van der Waals surface area contributed by atoms with E-state index in [-0.39, 0.29) is 5.92 Å². The molecule has 88 valence electrons. The molecule has 0 fully saturated rings. The Labute approximate surface area is 102 Å². The number of para-hydroxylation sites is 1. The van der Waals surface area contributed by atoms with Crippen LogP contribution in [0.25, 0.3) is 0 Å². The predicted octanol–water partition coefficient (Wildman–Crippen LogP) is 2.79. The number of hydrogen-bond acceptors (Lipinski definition) is 2. The van der Waals surface area contributed by atoms with Crippen molar-refractivity contribution in [2.24, 2.45) is 5.73 Å². The minimum absolute atomic E-state index is 0.187. The van der Waals surface area contributed by atoms with E-state index in [4.69, 9.17) is 10.5 Å².